The fourth-order valence-electron chi connectivity index (χ4n) is 0.625. The molecule has 0 spiro atoms. The van der Waals surface area contributed by atoms with Crippen LogP contribution in [0.1, 0.15) is 0 Å². The molecule has 2 nitrogen and oxygen atoms in total. The third kappa shape index (κ3) is 1.55. The van der Waals surface area contributed by atoms with Crippen molar-refractivity contribution in [1.82, 2.24) is 0 Å². The van der Waals surface area contributed by atoms with Gasteiger partial charge in [0, 0.05) is 0 Å². The van der Waals surface area contributed by atoms with Gasteiger partial charge in [0.25, 0.3) is 0 Å². The fourth-order valence-corrected chi connectivity index (χ4v) is 0.625. The van der Waals surface area contributed by atoms with Gasteiger partial charge in [-0.05, 0) is 5.46 Å². The van der Waals surface area contributed by atoms with Gasteiger partial charge in [0.05, 0.1) is 0 Å². The standard InChI is InChI=1S/C6H7BO2/c8-7(9)6-4-2-1-3-5-6/h1-5,8-9H/i1+1,2+1,3+1,4+1,5+1,6+1. The third-order valence-corrected chi connectivity index (χ3v) is 1.10. The van der Waals surface area contributed by atoms with Crippen molar-refractivity contribution in [2.24, 2.45) is 0 Å². The zero-order chi connectivity index (χ0) is 6.69. The second-order valence-electron chi connectivity index (χ2n) is 1.78. The van der Waals surface area contributed by atoms with Gasteiger partial charge in [0.15, 0.2) is 0 Å². The highest BCUT2D eigenvalue weighted by atomic mass is 16.4. The molecule has 1 rings (SSSR count). The number of rotatable bonds is 1. The normalized spacial score (nSPS) is 9.11. The molecular weight excluding hydrogens is 121 g/mol. The van der Waals surface area contributed by atoms with Crippen LogP contribution in [-0.2, 0) is 0 Å². The van der Waals surface area contributed by atoms with E-state index in [4.69, 9.17) is 10.0 Å². The van der Waals surface area contributed by atoms with Gasteiger partial charge >= 0.3 is 7.12 Å². The Labute approximate surface area is 53.9 Å². The number of benzene rings is 1. The molecule has 0 saturated heterocycles. The van der Waals surface area contributed by atoms with Gasteiger partial charge in [-0.15, -0.1) is 0 Å². The Morgan fingerprint density at radius 1 is 1.00 bits per heavy atom. The summed E-state index contributed by atoms with van der Waals surface area (Å²) in [5.41, 5.74) is 0.525. The first-order valence-corrected chi connectivity index (χ1v) is 2.72. The minimum Gasteiger partial charge on any atom is -0.423 e. The lowest BCUT2D eigenvalue weighted by atomic mass is 10.1. The van der Waals surface area contributed by atoms with E-state index in [2.05, 4.69) is 0 Å². The lowest BCUT2D eigenvalue weighted by Crippen LogP contribution is -2.29. The molecule has 9 heavy (non-hydrogen) atoms. The summed E-state index contributed by atoms with van der Waals surface area (Å²) >= 11 is 0. The minimum absolute atomic E-state index is 0.525. The highest BCUT2D eigenvalue weighted by Crippen LogP contribution is 1.82. The predicted molar refractivity (Wildman–Crippen MR) is 36.3 cm³/mol. The molecule has 0 aromatic heterocycles. The molecule has 0 fully saturated rings. The maximum atomic E-state index is 8.58. The molecule has 0 saturated carbocycles. The molecule has 2 N–H and O–H groups in total. The second kappa shape index (κ2) is 2.66. The first-order chi connectivity index (χ1) is 4.30. The van der Waals surface area contributed by atoms with E-state index in [0.29, 0.717) is 5.46 Å². The van der Waals surface area contributed by atoms with Crippen molar-refractivity contribution in [3.8, 4) is 0 Å². The maximum absolute atomic E-state index is 8.58. The molecule has 0 amide bonds. The highest BCUT2D eigenvalue weighted by Gasteiger charge is 2.07. The average Bonchev–Trinajstić information content (AvgIpc) is 1.90. The zero-order valence-corrected chi connectivity index (χ0v) is 4.86. The van der Waals surface area contributed by atoms with Crippen LogP contribution >= 0.6 is 0 Å². The van der Waals surface area contributed by atoms with Crippen LogP contribution in [0.25, 0.3) is 0 Å². The van der Waals surface area contributed by atoms with E-state index in [1.165, 1.54) is 0 Å². The Morgan fingerprint density at radius 2 is 1.56 bits per heavy atom. The molecule has 0 bridgehead atoms. The summed E-state index contributed by atoms with van der Waals surface area (Å²) in [6.07, 6.45) is 0. The second-order valence-corrected chi connectivity index (χ2v) is 1.78. The smallest absolute Gasteiger partial charge is 0.423 e. The Hall–Kier alpha value is -0.795. The fraction of sp³-hybridized carbons (Fsp3) is 0. The Morgan fingerprint density at radius 3 is 1.89 bits per heavy atom. The third-order valence-electron chi connectivity index (χ3n) is 1.10. The summed E-state index contributed by atoms with van der Waals surface area (Å²) in [6.45, 7) is 0. The minimum atomic E-state index is -1.34. The number of hydrogen-bond donors (Lipinski definition) is 2. The van der Waals surface area contributed by atoms with Gasteiger partial charge in [-0.2, -0.15) is 0 Å². The molecule has 46 valence electrons. The van der Waals surface area contributed by atoms with Crippen LogP contribution in [0.3, 0.4) is 0 Å². The maximum Gasteiger partial charge on any atom is 0.488 e. The predicted octanol–water partition coefficient (Wildman–Crippen LogP) is -0.634. The molecule has 0 aliphatic rings. The van der Waals surface area contributed by atoms with Crippen LogP contribution in [0, 0.1) is 0 Å². The van der Waals surface area contributed by atoms with Crippen LogP contribution < -0.4 is 5.46 Å². The molecule has 3 heteroatoms. The van der Waals surface area contributed by atoms with E-state index >= 15 is 0 Å². The van der Waals surface area contributed by atoms with Gasteiger partial charge in [-0.3, -0.25) is 0 Å². The summed E-state index contributed by atoms with van der Waals surface area (Å²) in [5.74, 6) is 0. The largest absolute Gasteiger partial charge is 0.488 e. The molecule has 0 radical (unpaired) electrons. The molecule has 1 aromatic carbocycles. The topological polar surface area (TPSA) is 40.5 Å². The van der Waals surface area contributed by atoms with E-state index in [1.54, 1.807) is 24.3 Å². The molecule has 0 unspecified atom stereocenters. The zero-order valence-electron chi connectivity index (χ0n) is 4.86. The van der Waals surface area contributed by atoms with E-state index in [0.717, 1.165) is 0 Å². The summed E-state index contributed by atoms with van der Waals surface area (Å²) in [6, 6.07) is 8.66. The summed E-state index contributed by atoms with van der Waals surface area (Å²) < 4.78 is 0. The summed E-state index contributed by atoms with van der Waals surface area (Å²) in [5, 5.41) is 17.2. The van der Waals surface area contributed by atoms with Gasteiger partial charge in [-0.25, -0.2) is 0 Å². The Kier molecular flexibility index (Phi) is 1.87. The molecule has 0 atom stereocenters. The van der Waals surface area contributed by atoms with Crippen molar-refractivity contribution in [3.63, 3.8) is 0 Å². The first-order valence-electron chi connectivity index (χ1n) is 2.72. The van der Waals surface area contributed by atoms with Crippen LogP contribution in [0.2, 0.25) is 0 Å². The van der Waals surface area contributed by atoms with E-state index in [9.17, 15) is 0 Å². The summed E-state index contributed by atoms with van der Waals surface area (Å²) in [7, 11) is -1.34. The van der Waals surface area contributed by atoms with Gasteiger partial charge in [0.2, 0.25) is 0 Å². The van der Waals surface area contributed by atoms with Crippen molar-refractivity contribution in [3.05, 3.63) is 30.3 Å². The quantitative estimate of drug-likeness (QED) is 0.494. The Balaban J connectivity index is 2.85. The SMILES string of the molecule is OB(O)[13c]1[13cH][13cH][13cH][13cH][13cH]1. The molecule has 0 aliphatic carbocycles. The summed E-state index contributed by atoms with van der Waals surface area (Å²) in [4.78, 5) is 0. The van der Waals surface area contributed by atoms with E-state index in [1.807, 2.05) is 6.07 Å². The van der Waals surface area contributed by atoms with E-state index < -0.39 is 7.12 Å². The van der Waals surface area contributed by atoms with Gasteiger partial charge in [-0.1, -0.05) is 30.3 Å². The van der Waals surface area contributed by atoms with E-state index in [-0.39, 0.29) is 0 Å². The van der Waals surface area contributed by atoms with Crippen LogP contribution in [0.5, 0.6) is 0 Å². The van der Waals surface area contributed by atoms with Gasteiger partial charge < -0.3 is 10.0 Å². The van der Waals surface area contributed by atoms with Crippen molar-refractivity contribution >= 4 is 12.6 Å². The lowest BCUT2D eigenvalue weighted by molar-refractivity contribution is 0.426. The van der Waals surface area contributed by atoms with Crippen LogP contribution in [0.15, 0.2) is 30.3 Å². The Bertz CT molecular complexity index is 174. The molecule has 0 heterocycles. The van der Waals surface area contributed by atoms with Crippen LogP contribution in [-0.4, -0.2) is 17.2 Å². The monoisotopic (exact) mass is 128 g/mol. The first kappa shape index (κ1) is 6.33. The molecule has 0 aliphatic heterocycles. The van der Waals surface area contributed by atoms with Gasteiger partial charge in [0.1, 0.15) is 0 Å². The van der Waals surface area contributed by atoms with Crippen molar-refractivity contribution in [1.29, 1.82) is 0 Å². The van der Waals surface area contributed by atoms with Crippen molar-refractivity contribution in [2.75, 3.05) is 0 Å². The molecular formula is C6H7BO2. The highest BCUT2D eigenvalue weighted by molar-refractivity contribution is 6.58. The van der Waals surface area contributed by atoms with Crippen molar-refractivity contribution in [2.45, 2.75) is 0 Å². The average molecular weight is 128 g/mol. The molecule has 1 aromatic rings. The van der Waals surface area contributed by atoms with Crippen LogP contribution in [0.4, 0.5) is 0 Å². The lowest BCUT2D eigenvalue weighted by Gasteiger charge is -1.94. The number of hydrogen-bond acceptors (Lipinski definition) is 2. The van der Waals surface area contributed by atoms with Crippen molar-refractivity contribution < 1.29 is 10.0 Å².